The van der Waals surface area contributed by atoms with Crippen LogP contribution >= 0.6 is 0 Å². The number of aromatic amines is 1. The number of aryl methyl sites for hydroxylation is 1. The molecule has 28 heavy (non-hydrogen) atoms. The van der Waals surface area contributed by atoms with E-state index in [4.69, 9.17) is 0 Å². The van der Waals surface area contributed by atoms with Crippen LogP contribution in [0.15, 0.2) is 29.1 Å². The quantitative estimate of drug-likeness (QED) is 0.753. The Kier molecular flexibility index (Phi) is 4.79. The number of H-pyrrole nitrogens is 1. The highest BCUT2D eigenvalue weighted by atomic mass is 16.1. The molecule has 3 aromatic rings. The molecule has 1 aliphatic rings. The summed E-state index contributed by atoms with van der Waals surface area (Å²) in [6.45, 7) is 10.2. The van der Waals surface area contributed by atoms with Gasteiger partial charge in [-0.1, -0.05) is 13.0 Å². The van der Waals surface area contributed by atoms with Gasteiger partial charge >= 0.3 is 0 Å². The molecule has 4 rings (SSSR count). The van der Waals surface area contributed by atoms with E-state index in [1.165, 1.54) is 5.56 Å². The summed E-state index contributed by atoms with van der Waals surface area (Å²) in [4.78, 5) is 18.5. The molecule has 0 amide bonds. The van der Waals surface area contributed by atoms with Crippen LogP contribution in [0.4, 0.5) is 0 Å². The summed E-state index contributed by atoms with van der Waals surface area (Å²) in [6.07, 6.45) is 3.21. The molecule has 1 aromatic carbocycles. The highest BCUT2D eigenvalue weighted by molar-refractivity contribution is 5.80. The maximum atomic E-state index is 13.1. The topological polar surface area (TPSA) is 79.7 Å². The van der Waals surface area contributed by atoms with Crippen LogP contribution in [0, 0.1) is 0 Å². The minimum atomic E-state index is -0.268. The summed E-state index contributed by atoms with van der Waals surface area (Å²) in [6, 6.07) is 7.98. The van der Waals surface area contributed by atoms with E-state index in [1.807, 2.05) is 16.8 Å². The van der Waals surface area contributed by atoms with Crippen molar-refractivity contribution in [3.8, 4) is 0 Å². The summed E-state index contributed by atoms with van der Waals surface area (Å²) < 4.78 is 1.85. The zero-order valence-corrected chi connectivity index (χ0v) is 17.1. The van der Waals surface area contributed by atoms with Gasteiger partial charge in [0.15, 0.2) is 5.82 Å². The molecule has 2 aromatic heterocycles. The summed E-state index contributed by atoms with van der Waals surface area (Å²) in [7, 11) is 0. The lowest BCUT2D eigenvalue weighted by atomic mass is 10.0. The first-order valence-corrected chi connectivity index (χ1v) is 10.1. The van der Waals surface area contributed by atoms with Crippen LogP contribution in [-0.2, 0) is 12.0 Å². The summed E-state index contributed by atoms with van der Waals surface area (Å²) in [5.74, 6) is 0.728. The first-order valence-electron chi connectivity index (χ1n) is 10.1. The van der Waals surface area contributed by atoms with Gasteiger partial charge in [0.2, 0.25) is 0 Å². The van der Waals surface area contributed by atoms with Gasteiger partial charge in [-0.15, -0.1) is 5.10 Å². The normalized spacial score (nSPS) is 16.7. The third-order valence-electron chi connectivity index (χ3n) is 5.52. The van der Waals surface area contributed by atoms with Gasteiger partial charge in [-0.25, -0.2) is 4.68 Å². The Hall–Kier alpha value is -2.54. The molecule has 0 spiro atoms. The number of hydrogen-bond donors (Lipinski definition) is 1. The Morgan fingerprint density at radius 1 is 1.18 bits per heavy atom. The number of aromatic nitrogens is 5. The molecule has 1 aliphatic heterocycles. The largest absolute Gasteiger partial charge is 0.322 e. The van der Waals surface area contributed by atoms with Crippen LogP contribution < -0.4 is 5.56 Å². The van der Waals surface area contributed by atoms with E-state index >= 15 is 0 Å². The molecular weight excluding hydrogens is 352 g/mol. The second kappa shape index (κ2) is 7.13. The summed E-state index contributed by atoms with van der Waals surface area (Å²) >= 11 is 0. The van der Waals surface area contributed by atoms with Crippen LogP contribution in [0.2, 0.25) is 0 Å². The van der Waals surface area contributed by atoms with Crippen molar-refractivity contribution < 1.29 is 0 Å². The van der Waals surface area contributed by atoms with Crippen molar-refractivity contribution in [1.82, 2.24) is 30.1 Å². The maximum Gasteiger partial charge on any atom is 0.253 e. The minimum Gasteiger partial charge on any atom is -0.322 e. The molecule has 1 N–H and O–H groups in total. The lowest BCUT2D eigenvalue weighted by molar-refractivity contribution is 0.241. The van der Waals surface area contributed by atoms with E-state index < -0.39 is 0 Å². The van der Waals surface area contributed by atoms with E-state index in [0.717, 1.165) is 49.1 Å². The molecule has 3 heterocycles. The zero-order valence-electron chi connectivity index (χ0n) is 17.1. The fourth-order valence-electron chi connectivity index (χ4n) is 4.04. The van der Waals surface area contributed by atoms with Gasteiger partial charge in [-0.2, -0.15) is 0 Å². The minimum absolute atomic E-state index is 0.0721. The van der Waals surface area contributed by atoms with Crippen LogP contribution in [0.3, 0.4) is 0 Å². The van der Waals surface area contributed by atoms with Crippen molar-refractivity contribution in [1.29, 1.82) is 0 Å². The molecule has 0 bridgehead atoms. The van der Waals surface area contributed by atoms with E-state index in [9.17, 15) is 4.79 Å². The number of fused-ring (bicyclic) bond motifs is 1. The number of rotatable bonds is 4. The lowest BCUT2D eigenvalue weighted by Gasteiger charge is -2.29. The predicted molar refractivity (Wildman–Crippen MR) is 109 cm³/mol. The van der Waals surface area contributed by atoms with Crippen molar-refractivity contribution in [2.75, 3.05) is 13.1 Å². The molecule has 0 radical (unpaired) electrons. The number of tetrazole rings is 1. The predicted octanol–water partition coefficient (Wildman–Crippen LogP) is 3.02. The van der Waals surface area contributed by atoms with Crippen LogP contribution in [-0.4, -0.2) is 43.2 Å². The van der Waals surface area contributed by atoms with Crippen LogP contribution in [0.1, 0.15) is 63.5 Å². The van der Waals surface area contributed by atoms with Gasteiger partial charge in [-0.3, -0.25) is 9.69 Å². The zero-order chi connectivity index (χ0) is 19.9. The average molecular weight is 380 g/mol. The SMILES string of the molecule is CCc1ccc2[nH]c(=O)c([C@H](c3nnnn3C(C)(C)C)N3CCCC3)cc2c1. The Morgan fingerprint density at radius 2 is 1.93 bits per heavy atom. The molecule has 7 nitrogen and oxygen atoms in total. The molecular formula is C21H28N6O. The smallest absolute Gasteiger partial charge is 0.253 e. The van der Waals surface area contributed by atoms with Crippen LogP contribution in [0.25, 0.3) is 10.9 Å². The first-order chi connectivity index (χ1) is 13.4. The van der Waals surface area contributed by atoms with Gasteiger partial charge in [0.25, 0.3) is 5.56 Å². The standard InChI is InChI=1S/C21H28N6O/c1-5-14-8-9-17-15(12-14)13-16(20(28)22-17)18(26-10-6-7-11-26)19-23-24-25-27(19)21(2,3)4/h8-9,12-13,18H,5-7,10-11H2,1-4H3,(H,22,28)/t18-/m1/s1. The summed E-state index contributed by atoms with van der Waals surface area (Å²) in [5.41, 5.74) is 2.49. The van der Waals surface area contributed by atoms with Gasteiger partial charge in [0.1, 0.15) is 6.04 Å². The maximum absolute atomic E-state index is 13.1. The molecule has 1 fully saturated rings. The second-order valence-corrected chi connectivity index (χ2v) is 8.59. The van der Waals surface area contributed by atoms with Crippen LogP contribution in [0.5, 0.6) is 0 Å². The number of benzene rings is 1. The number of likely N-dealkylation sites (tertiary alicyclic amines) is 1. The lowest BCUT2D eigenvalue weighted by Crippen LogP contribution is -2.36. The molecule has 1 saturated heterocycles. The Labute approximate surface area is 164 Å². The Bertz CT molecular complexity index is 1040. The number of nitrogens with one attached hydrogen (secondary N) is 1. The molecule has 7 heteroatoms. The van der Waals surface area contributed by atoms with Crippen molar-refractivity contribution >= 4 is 10.9 Å². The average Bonchev–Trinajstić information content (AvgIpc) is 3.34. The highest BCUT2D eigenvalue weighted by Crippen LogP contribution is 2.31. The number of hydrogen-bond acceptors (Lipinski definition) is 5. The molecule has 0 aliphatic carbocycles. The monoisotopic (exact) mass is 380 g/mol. The van der Waals surface area contributed by atoms with E-state index in [-0.39, 0.29) is 17.1 Å². The molecule has 0 saturated carbocycles. The van der Waals surface area contributed by atoms with Gasteiger partial charge in [0.05, 0.1) is 5.54 Å². The Morgan fingerprint density at radius 3 is 2.61 bits per heavy atom. The number of nitrogens with zero attached hydrogens (tertiary/aromatic N) is 5. The van der Waals surface area contributed by atoms with Crippen molar-refractivity contribution in [3.05, 3.63) is 51.6 Å². The van der Waals surface area contributed by atoms with E-state index in [0.29, 0.717) is 5.56 Å². The molecule has 1 atom stereocenters. The van der Waals surface area contributed by atoms with Gasteiger partial charge in [-0.05, 0) is 92.7 Å². The number of pyridine rings is 1. The van der Waals surface area contributed by atoms with Crippen molar-refractivity contribution in [2.24, 2.45) is 0 Å². The fraction of sp³-hybridized carbons (Fsp3) is 0.524. The first kappa shape index (κ1) is 18.8. The fourth-order valence-corrected chi connectivity index (χ4v) is 4.04. The van der Waals surface area contributed by atoms with Gasteiger partial charge in [0, 0.05) is 11.1 Å². The van der Waals surface area contributed by atoms with E-state index in [2.05, 4.69) is 65.2 Å². The van der Waals surface area contributed by atoms with Gasteiger partial charge < -0.3 is 4.98 Å². The Balaban J connectivity index is 1.91. The molecule has 0 unspecified atom stereocenters. The highest BCUT2D eigenvalue weighted by Gasteiger charge is 2.34. The summed E-state index contributed by atoms with van der Waals surface area (Å²) in [5, 5.41) is 13.6. The van der Waals surface area contributed by atoms with Crippen molar-refractivity contribution in [2.45, 2.75) is 58.5 Å². The second-order valence-electron chi connectivity index (χ2n) is 8.59. The third kappa shape index (κ3) is 3.35. The molecule has 148 valence electrons. The van der Waals surface area contributed by atoms with E-state index in [1.54, 1.807) is 0 Å². The van der Waals surface area contributed by atoms with Crippen molar-refractivity contribution in [3.63, 3.8) is 0 Å². The third-order valence-corrected chi connectivity index (χ3v) is 5.52.